The number of benzene rings is 11. The van der Waals surface area contributed by atoms with Crippen molar-refractivity contribution < 1.29 is 11.6 Å². The lowest BCUT2D eigenvalue weighted by Gasteiger charge is -2.30. The molecule has 0 saturated carbocycles. The van der Waals surface area contributed by atoms with Crippen LogP contribution in [0.5, 0.6) is 0 Å². The van der Waals surface area contributed by atoms with Crippen molar-refractivity contribution in [1.29, 1.82) is 0 Å². The molecule has 0 saturated heterocycles. The van der Waals surface area contributed by atoms with Crippen LogP contribution in [0.2, 0.25) is 0 Å². The minimum absolute atomic E-state index is 0.345. The fourth-order valence-corrected chi connectivity index (χ4v) is 13.4. The summed E-state index contributed by atoms with van der Waals surface area (Å²) in [4.78, 5) is 4.75. The van der Waals surface area contributed by atoms with Crippen molar-refractivity contribution in [2.24, 2.45) is 0 Å². The van der Waals surface area contributed by atoms with Crippen molar-refractivity contribution >= 4 is 99.5 Å². The molecule has 0 amide bonds. The van der Waals surface area contributed by atoms with Crippen LogP contribution >= 0.6 is 0 Å². The summed E-state index contributed by atoms with van der Waals surface area (Å²) in [7, 11) is 0. The Labute approximate surface area is 458 Å². The second-order valence-corrected chi connectivity index (χ2v) is 23.5. The largest absolute Gasteiger partial charge is 0.454 e. The minimum Gasteiger partial charge on any atom is -0.454 e. The maximum Gasteiger partial charge on any atom is 0.159 e. The molecule has 0 radical (unpaired) electrons. The summed E-state index contributed by atoms with van der Waals surface area (Å²) in [6, 6.07) is 71.3. The molecule has 0 bridgehead atoms. The average molecular weight is 1010 g/mol. The summed E-state index contributed by atoms with van der Waals surface area (Å²) in [6.45, 7) is 18.6. The van der Waals surface area contributed by atoms with Gasteiger partial charge in [-0.1, -0.05) is 189 Å². The third-order valence-corrected chi connectivity index (χ3v) is 17.6. The van der Waals surface area contributed by atoms with E-state index in [9.17, 15) is 0 Å². The molecule has 2 aliphatic carbocycles. The van der Waals surface area contributed by atoms with Gasteiger partial charge in [0.1, 0.15) is 11.2 Å². The molecular weight excluding hydrogens is 949 g/mol. The highest BCUT2D eigenvalue weighted by molar-refractivity contribution is 6.22. The van der Waals surface area contributed by atoms with Crippen LogP contribution in [0.25, 0.3) is 87.7 Å². The number of hydrogen-bond donors (Lipinski definition) is 0. The lowest BCUT2D eigenvalue weighted by atomic mass is 9.77. The molecule has 0 N–H and O–H groups in total. The Morgan fingerprint density at radius 2 is 0.897 bits per heavy atom. The normalized spacial score (nSPS) is 14.4. The van der Waals surface area contributed by atoms with E-state index in [1.54, 1.807) is 12.1 Å². The summed E-state index contributed by atoms with van der Waals surface area (Å²) >= 11 is 0. The third kappa shape index (κ3) is 6.65. The minimum atomic E-state index is -0.391. The Bertz CT molecular complexity index is 4750. The Hall–Kier alpha value is -8.86. The maximum atomic E-state index is 8.89. The van der Waals surface area contributed by atoms with E-state index in [2.05, 4.69) is 235 Å². The zero-order chi connectivity index (χ0) is 54.7. The summed E-state index contributed by atoms with van der Waals surface area (Å²) in [5.41, 5.74) is 20.9. The highest BCUT2D eigenvalue weighted by Crippen LogP contribution is 2.60. The fraction of sp³-hybridized carbons (Fsp3) is 0.162. The average Bonchev–Trinajstić information content (AvgIpc) is 4.30. The van der Waals surface area contributed by atoms with Crippen molar-refractivity contribution in [2.45, 2.75) is 78.1 Å². The van der Waals surface area contributed by atoms with Crippen molar-refractivity contribution in [2.75, 3.05) is 9.80 Å². The first kappa shape index (κ1) is 44.3. The van der Waals surface area contributed by atoms with Crippen molar-refractivity contribution in [3.63, 3.8) is 0 Å². The summed E-state index contributed by atoms with van der Waals surface area (Å²) in [5.74, 6) is 0.775. The van der Waals surface area contributed by atoms with Gasteiger partial charge in [-0.05, 0) is 156 Å². The molecule has 0 fully saturated rings. The van der Waals surface area contributed by atoms with Gasteiger partial charge >= 0.3 is 0 Å². The highest BCUT2D eigenvalue weighted by Gasteiger charge is 2.44. The van der Waals surface area contributed by atoms with Crippen LogP contribution in [0.1, 0.15) is 103 Å². The Kier molecular flexibility index (Phi) is 9.55. The van der Waals surface area contributed by atoms with E-state index in [1.807, 2.05) is 12.1 Å². The monoisotopic (exact) mass is 1010 g/mol. The van der Waals surface area contributed by atoms with Crippen LogP contribution in [-0.2, 0) is 10.8 Å². The first-order valence-electron chi connectivity index (χ1n) is 28.6. The first-order valence-corrected chi connectivity index (χ1v) is 27.6. The van der Waals surface area contributed by atoms with E-state index in [4.69, 9.17) is 11.6 Å². The Morgan fingerprint density at radius 1 is 0.385 bits per heavy atom. The van der Waals surface area contributed by atoms with E-state index in [0.717, 1.165) is 72.2 Å². The van der Waals surface area contributed by atoms with E-state index < -0.39 is 5.41 Å². The molecule has 0 unspecified atom stereocenters. The highest BCUT2D eigenvalue weighted by atomic mass is 16.3. The standard InChI is InChI=1S/C74H60N2O2/c1-43(2)45-27-32-48(33-28-45)75(64-23-15-21-55-53-19-11-13-25-67(53)77-71(55)64)50-36-38-52-58-40-59-62(41-61(58)73(5,6)60(52)39-50)74(7,8)63-42-66(57-37-31-47-17-9-10-18-51(47)69(57)70(59)63)76(49-34-29-46(30-35-49)44(3)4)65-24-16-22-56-54-20-12-14-26-68(54)78-72(56)65/h9-44H,1-8H3/i25D,26D. The zero-order valence-electron chi connectivity index (χ0n) is 47.3. The molecule has 2 aliphatic rings. The number of furan rings is 2. The molecule has 4 heteroatoms. The van der Waals surface area contributed by atoms with Gasteiger partial charge in [-0.15, -0.1) is 0 Å². The van der Waals surface area contributed by atoms with Gasteiger partial charge in [-0.3, -0.25) is 0 Å². The van der Waals surface area contributed by atoms with E-state index in [1.165, 1.54) is 71.8 Å². The van der Waals surface area contributed by atoms with Gasteiger partial charge in [0.25, 0.3) is 0 Å². The molecule has 4 nitrogen and oxygen atoms in total. The van der Waals surface area contributed by atoms with Crippen LogP contribution in [0.15, 0.2) is 215 Å². The quantitative estimate of drug-likeness (QED) is 0.142. The molecule has 0 aliphatic heterocycles. The van der Waals surface area contributed by atoms with Crippen LogP contribution < -0.4 is 9.80 Å². The third-order valence-electron chi connectivity index (χ3n) is 17.6. The lowest BCUT2D eigenvalue weighted by Crippen LogP contribution is -2.20. The van der Waals surface area contributed by atoms with Gasteiger partial charge in [0.2, 0.25) is 0 Å². The van der Waals surface area contributed by atoms with Crippen LogP contribution in [-0.4, -0.2) is 0 Å². The number of para-hydroxylation sites is 4. The number of rotatable bonds is 8. The molecular formula is C74H60N2O2. The molecule has 0 spiro atoms. The zero-order valence-corrected chi connectivity index (χ0v) is 45.3. The van der Waals surface area contributed by atoms with Gasteiger partial charge in [0.05, 0.1) is 19.8 Å². The Balaban J connectivity index is 0.945. The summed E-state index contributed by atoms with van der Waals surface area (Å²) < 4.78 is 31.2. The van der Waals surface area contributed by atoms with Gasteiger partial charge in [0.15, 0.2) is 11.2 Å². The van der Waals surface area contributed by atoms with Crippen molar-refractivity contribution in [1.82, 2.24) is 0 Å². The predicted molar refractivity (Wildman–Crippen MR) is 329 cm³/mol. The van der Waals surface area contributed by atoms with Crippen molar-refractivity contribution in [3.05, 3.63) is 240 Å². The van der Waals surface area contributed by atoms with Crippen LogP contribution in [0.3, 0.4) is 0 Å². The van der Waals surface area contributed by atoms with Crippen LogP contribution in [0.4, 0.5) is 34.1 Å². The van der Waals surface area contributed by atoms with Crippen LogP contribution in [0, 0.1) is 0 Å². The van der Waals surface area contributed by atoms with Gasteiger partial charge in [0, 0.05) is 54.8 Å². The Morgan fingerprint density at radius 3 is 1.53 bits per heavy atom. The number of anilines is 6. The number of hydrogen-bond acceptors (Lipinski definition) is 4. The smallest absolute Gasteiger partial charge is 0.159 e. The molecule has 15 rings (SSSR count). The first-order chi connectivity index (χ1) is 38.7. The molecule has 2 aromatic heterocycles. The topological polar surface area (TPSA) is 32.8 Å². The van der Waals surface area contributed by atoms with E-state index >= 15 is 0 Å². The van der Waals surface area contributed by atoms with Crippen molar-refractivity contribution in [3.8, 4) is 22.3 Å². The summed E-state index contributed by atoms with van der Waals surface area (Å²) in [5, 5.41) is 8.67. The maximum absolute atomic E-state index is 8.89. The predicted octanol–water partition coefficient (Wildman–Crippen LogP) is 21.6. The van der Waals surface area contributed by atoms with E-state index in [-0.39, 0.29) is 5.41 Å². The van der Waals surface area contributed by atoms with Gasteiger partial charge in [-0.25, -0.2) is 0 Å². The number of nitrogens with zero attached hydrogens (tertiary/aromatic N) is 2. The lowest BCUT2D eigenvalue weighted by molar-refractivity contribution is 0.639. The molecule has 2 heterocycles. The molecule has 78 heavy (non-hydrogen) atoms. The molecule has 0 atom stereocenters. The van der Waals surface area contributed by atoms with E-state index in [0.29, 0.717) is 35.1 Å². The fourth-order valence-electron chi connectivity index (χ4n) is 13.4. The molecule has 378 valence electrons. The van der Waals surface area contributed by atoms with Gasteiger partial charge < -0.3 is 18.6 Å². The number of fused-ring (bicyclic) bond motifs is 16. The molecule has 13 aromatic rings. The molecule has 11 aromatic carbocycles. The second kappa shape index (κ2) is 16.8. The second-order valence-electron chi connectivity index (χ2n) is 23.5. The SMILES string of the molecule is [2H]c1cccc2c1oc1c(N(c3ccc(C(C)C)cc3)c3ccc4c(c3)C(C)(C)c3cc5c(cc3-4)-c3c(cc(N(c4ccc(C(C)C)cc4)c4cccc6c4oc4c([2H])cccc46)c4ccc6ccccc6c34)C5(C)C)cccc12. The van der Waals surface area contributed by atoms with Gasteiger partial charge in [-0.2, -0.15) is 0 Å². The summed E-state index contributed by atoms with van der Waals surface area (Å²) in [6.07, 6.45) is 0.